The Bertz CT molecular complexity index is 243. The van der Waals surface area contributed by atoms with Crippen molar-refractivity contribution in [1.29, 1.82) is 0 Å². The molecular formula is C5H8N2O3S2. The molecule has 0 saturated carbocycles. The number of thioether (sulfide) groups is 1. The van der Waals surface area contributed by atoms with E-state index in [2.05, 4.69) is 0 Å². The highest BCUT2D eigenvalue weighted by Crippen LogP contribution is 2.31. The summed E-state index contributed by atoms with van der Waals surface area (Å²) in [5, 5.41) is 10.8. The molecule has 1 heterocycles. The highest BCUT2D eigenvalue weighted by Gasteiger charge is 2.42. The van der Waals surface area contributed by atoms with Gasteiger partial charge in [-0.2, -0.15) is 0 Å². The number of hydrogen-bond donors (Lipinski definition) is 0. The number of rotatable bonds is 2. The second-order valence-electron chi connectivity index (χ2n) is 2.24. The van der Waals surface area contributed by atoms with Gasteiger partial charge >= 0.3 is 5.03 Å². The van der Waals surface area contributed by atoms with Crippen LogP contribution in [0.3, 0.4) is 0 Å². The minimum Gasteiger partial charge on any atom is -0.605 e. The van der Waals surface area contributed by atoms with Gasteiger partial charge in [-0.15, -0.1) is 0 Å². The molecule has 1 aliphatic rings. The Morgan fingerprint density at radius 1 is 1.75 bits per heavy atom. The summed E-state index contributed by atoms with van der Waals surface area (Å²) in [5.74, 6) is 0.229. The van der Waals surface area contributed by atoms with Gasteiger partial charge in [0.05, 0.1) is 11.2 Å². The van der Waals surface area contributed by atoms with Gasteiger partial charge < -0.3 is 9.45 Å². The molecule has 1 rings (SSSR count). The van der Waals surface area contributed by atoms with Crippen molar-refractivity contribution in [3.8, 4) is 0 Å². The molecule has 1 unspecified atom stereocenters. The van der Waals surface area contributed by atoms with Gasteiger partial charge in [0.15, 0.2) is 5.88 Å². The monoisotopic (exact) mass is 208 g/mol. The zero-order valence-electron chi connectivity index (χ0n) is 6.64. The summed E-state index contributed by atoms with van der Waals surface area (Å²) in [6, 6.07) is 0. The van der Waals surface area contributed by atoms with Gasteiger partial charge in [0, 0.05) is 7.05 Å². The van der Waals surface area contributed by atoms with Crippen molar-refractivity contribution in [3.05, 3.63) is 20.2 Å². The fourth-order valence-electron chi connectivity index (χ4n) is 0.961. The van der Waals surface area contributed by atoms with E-state index < -0.39 is 16.1 Å². The highest BCUT2D eigenvalue weighted by atomic mass is 32.2. The van der Waals surface area contributed by atoms with Gasteiger partial charge in [0.25, 0.3) is 0 Å². The van der Waals surface area contributed by atoms with E-state index in [0.717, 1.165) is 0 Å². The Kier molecular flexibility index (Phi) is 2.86. The lowest BCUT2D eigenvalue weighted by molar-refractivity contribution is -0.412. The summed E-state index contributed by atoms with van der Waals surface area (Å²) < 4.78 is 11.2. The molecular weight excluding hydrogens is 200 g/mol. The van der Waals surface area contributed by atoms with E-state index in [1.54, 1.807) is 18.2 Å². The third-order valence-corrected chi connectivity index (χ3v) is 3.83. The Balaban J connectivity index is 3.01. The largest absolute Gasteiger partial charge is 0.605 e. The first-order valence-corrected chi connectivity index (χ1v) is 5.64. The molecule has 0 aromatic carbocycles. The molecule has 0 N–H and O–H groups in total. The van der Waals surface area contributed by atoms with E-state index in [4.69, 9.17) is 0 Å². The molecule has 0 bridgehead atoms. The molecule has 1 atom stereocenters. The average molecular weight is 208 g/mol. The van der Waals surface area contributed by atoms with Crippen LogP contribution in [0, 0.1) is 10.1 Å². The van der Waals surface area contributed by atoms with Crippen LogP contribution in [0.1, 0.15) is 0 Å². The van der Waals surface area contributed by atoms with Gasteiger partial charge in [0.1, 0.15) is 4.92 Å². The van der Waals surface area contributed by atoms with Crippen LogP contribution in [0.5, 0.6) is 0 Å². The molecule has 5 nitrogen and oxygen atoms in total. The lowest BCUT2D eigenvalue weighted by Gasteiger charge is -2.06. The lowest BCUT2D eigenvalue weighted by atomic mass is 10.8. The maximum atomic E-state index is 11.2. The van der Waals surface area contributed by atoms with Crippen molar-refractivity contribution in [2.24, 2.45) is 0 Å². The molecule has 12 heavy (non-hydrogen) atoms. The molecule has 0 fully saturated rings. The van der Waals surface area contributed by atoms with Gasteiger partial charge in [-0.25, -0.2) is 0 Å². The topological polar surface area (TPSA) is 69.4 Å². The van der Waals surface area contributed by atoms with Crippen LogP contribution in [-0.4, -0.2) is 33.6 Å². The summed E-state index contributed by atoms with van der Waals surface area (Å²) >= 11 is -0.214. The van der Waals surface area contributed by atoms with E-state index in [-0.39, 0.29) is 10.9 Å². The number of nitro groups is 1. The molecule has 0 aromatic rings. The van der Waals surface area contributed by atoms with Crippen LogP contribution in [0.25, 0.3) is 0 Å². The van der Waals surface area contributed by atoms with E-state index in [9.17, 15) is 14.7 Å². The van der Waals surface area contributed by atoms with Crippen LogP contribution in [0.2, 0.25) is 0 Å². The summed E-state index contributed by atoms with van der Waals surface area (Å²) in [4.78, 5) is 11.5. The van der Waals surface area contributed by atoms with Crippen molar-refractivity contribution >= 4 is 22.9 Å². The Hall–Kier alpha value is -0.400. The van der Waals surface area contributed by atoms with E-state index in [0.29, 0.717) is 5.03 Å². The average Bonchev–Trinajstić information content (AvgIpc) is 2.24. The third kappa shape index (κ3) is 1.52. The van der Waals surface area contributed by atoms with Crippen molar-refractivity contribution in [2.75, 3.05) is 19.2 Å². The standard InChI is InChI=1S/C5H8N2O3S2/c1-6-3-12(10)5(7(8)9)4(6)11-2/h3H2,1-2H3. The number of nitrogens with zero attached hydrogens (tertiary/aromatic N) is 2. The molecule has 0 aromatic heterocycles. The zero-order chi connectivity index (χ0) is 9.30. The van der Waals surface area contributed by atoms with Crippen LogP contribution in [0.4, 0.5) is 0 Å². The fraction of sp³-hybridized carbons (Fsp3) is 0.600. The van der Waals surface area contributed by atoms with Crippen molar-refractivity contribution in [1.82, 2.24) is 4.90 Å². The SMILES string of the molecule is CSC1=C([N+](=O)[O-])[S+]([O-])CN1C. The Morgan fingerprint density at radius 2 is 2.33 bits per heavy atom. The molecule has 0 amide bonds. The van der Waals surface area contributed by atoms with Gasteiger partial charge in [0.2, 0.25) is 5.03 Å². The van der Waals surface area contributed by atoms with Gasteiger partial charge in [-0.3, -0.25) is 10.1 Å². The van der Waals surface area contributed by atoms with Crippen molar-refractivity contribution in [2.45, 2.75) is 0 Å². The molecule has 1 aliphatic heterocycles. The van der Waals surface area contributed by atoms with Crippen molar-refractivity contribution < 1.29 is 9.48 Å². The Morgan fingerprint density at radius 3 is 2.67 bits per heavy atom. The number of hydrogen-bond acceptors (Lipinski definition) is 5. The minimum absolute atomic E-state index is 0.162. The molecule has 7 heteroatoms. The first-order chi connectivity index (χ1) is 5.57. The van der Waals surface area contributed by atoms with Gasteiger partial charge in [-0.1, -0.05) is 11.8 Å². The molecule has 68 valence electrons. The maximum absolute atomic E-state index is 11.2. The molecule has 0 aliphatic carbocycles. The summed E-state index contributed by atoms with van der Waals surface area (Å²) in [6.07, 6.45) is 1.73. The second-order valence-corrected chi connectivity index (χ2v) is 4.37. The minimum atomic E-state index is -1.47. The first kappa shape index (κ1) is 9.69. The van der Waals surface area contributed by atoms with Crippen molar-refractivity contribution in [3.63, 3.8) is 0 Å². The van der Waals surface area contributed by atoms with E-state index >= 15 is 0 Å². The second kappa shape index (κ2) is 3.55. The summed E-state index contributed by atoms with van der Waals surface area (Å²) in [7, 11) is 1.69. The Labute approximate surface area is 77.1 Å². The lowest BCUT2D eigenvalue weighted by Crippen LogP contribution is -2.15. The zero-order valence-corrected chi connectivity index (χ0v) is 8.28. The third-order valence-electron chi connectivity index (χ3n) is 1.42. The van der Waals surface area contributed by atoms with E-state index in [1.807, 2.05) is 0 Å². The smallest absolute Gasteiger partial charge is 0.471 e. The molecule has 0 saturated heterocycles. The van der Waals surface area contributed by atoms with Crippen LogP contribution >= 0.6 is 11.8 Å². The highest BCUT2D eigenvalue weighted by molar-refractivity contribution is 8.04. The first-order valence-electron chi connectivity index (χ1n) is 3.10. The van der Waals surface area contributed by atoms with Crippen LogP contribution < -0.4 is 0 Å². The quantitative estimate of drug-likeness (QED) is 0.373. The van der Waals surface area contributed by atoms with Crippen LogP contribution in [-0.2, 0) is 11.2 Å². The summed E-state index contributed by atoms with van der Waals surface area (Å²) in [5.41, 5.74) is 0. The predicted molar refractivity (Wildman–Crippen MR) is 48.3 cm³/mol. The fourth-order valence-corrected chi connectivity index (χ4v) is 3.32. The molecule has 0 spiro atoms. The summed E-state index contributed by atoms with van der Waals surface area (Å²) in [6.45, 7) is 0. The normalized spacial score (nSPS) is 23.6. The van der Waals surface area contributed by atoms with Gasteiger partial charge in [-0.05, 0) is 6.26 Å². The maximum Gasteiger partial charge on any atom is 0.471 e. The van der Waals surface area contributed by atoms with Crippen LogP contribution in [0.15, 0.2) is 10.1 Å². The predicted octanol–water partition coefficient (Wildman–Crippen LogP) is 0.404. The molecule has 0 radical (unpaired) electrons. The van der Waals surface area contributed by atoms with E-state index in [1.165, 1.54) is 11.8 Å².